The van der Waals surface area contributed by atoms with Gasteiger partial charge in [0.2, 0.25) is 0 Å². The van der Waals surface area contributed by atoms with E-state index in [4.69, 9.17) is 84.7 Å². The first-order valence-corrected chi connectivity index (χ1v) is 40.9. The van der Waals surface area contributed by atoms with Crippen molar-refractivity contribution in [3.8, 4) is 0 Å². The van der Waals surface area contributed by atoms with Crippen molar-refractivity contribution in [1.29, 1.82) is 0 Å². The van der Waals surface area contributed by atoms with Gasteiger partial charge < -0.3 is 63.9 Å². The molecule has 4 aliphatic carbocycles. The third-order valence-electron chi connectivity index (χ3n) is 21.7. The number of pyridine rings is 4. The predicted molar refractivity (Wildman–Crippen MR) is 487 cm³/mol. The number of halogens is 8. The molecule has 35 nitrogen and oxygen atoms in total. The monoisotopic (exact) mass is 1870 g/mol. The molecule has 43 heteroatoms. The molecule has 4 fully saturated rings. The first-order chi connectivity index (χ1) is 56.1. The molecule has 4 aliphatic heterocycles. The average Bonchev–Trinajstić information content (AvgIpc) is 1.58. The van der Waals surface area contributed by atoms with Crippen LogP contribution in [-0.4, -0.2) is 105 Å². The number of rotatable bonds is 7. The van der Waals surface area contributed by atoms with E-state index < -0.39 is 46.0 Å². The lowest BCUT2D eigenvalue weighted by Gasteiger charge is -2.35. The number of fused-ring (bicyclic) bond motifs is 8. The van der Waals surface area contributed by atoms with Gasteiger partial charge in [-0.05, 0) is 225 Å². The molecule has 8 aliphatic rings. The minimum atomic E-state index is -0.983. The quantitative estimate of drug-likeness (QED) is 0.0663. The lowest BCUT2D eigenvalue weighted by molar-refractivity contribution is 0.0427. The first kappa shape index (κ1) is 101. The molecule has 0 saturated heterocycles. The van der Waals surface area contributed by atoms with Gasteiger partial charge in [0.1, 0.15) is 131 Å². The number of nitrogens with two attached hydrogens (primary N) is 3. The van der Waals surface area contributed by atoms with E-state index in [1.807, 2.05) is 27.7 Å². The Hall–Kier alpha value is -10.1. The van der Waals surface area contributed by atoms with Crippen molar-refractivity contribution in [3.05, 3.63) is 167 Å². The number of nitrogens with zero attached hydrogens (tertiary/aromatic N) is 13. The molecule has 4 spiro atoms. The second-order valence-electron chi connectivity index (χ2n) is 32.6. The standard InChI is InChI=1S/C18H20ClN5O2.2C17H19ClN6O2.C14H19Cl2N3O4.C13H17N3O2.2CH4.3ClH/c1-10-8-12(22-15-13(19)11(2)20-9-21-15)17(26)24-14(10)16(25)23-18(24)6-4-3-5-7-18;2*1-9-7-10(22-14-11(18)13(19)20-8-21-14)16(26)24-12(9)15(25)23-17(24)5-3-2-4-6-17;1-13(2,3)22-11(20)19(12(21)23-14(4,5)6)10-8(15)9(16)17-7-18-10;1-8-7-9(14)12(18)16-10(8)11(17)15-13(16)5-3-2-4-6-13;;;;;/h8-9H,3-7H2,1-2H3,(H,23,25)(H,20,21,22);2*7-8H,2-6H2,1H3,(H,23,25)(H3,19,20,21,22);7H,1-6H3;7H,2-6,14H2,1H3,(H,15,17);2*1H4;3*1H. The van der Waals surface area contributed by atoms with Crippen LogP contribution in [0.5, 0.6) is 0 Å². The zero-order valence-electron chi connectivity index (χ0n) is 68.8. The summed E-state index contributed by atoms with van der Waals surface area (Å²) >= 11 is 30.3. The number of carbonyl (C=O) groups is 6. The highest BCUT2D eigenvalue weighted by atomic mass is 35.5. The Kier molecular flexibility index (Phi) is 32.6. The largest absolute Gasteiger partial charge is 0.443 e. The molecule has 0 radical (unpaired) electrons. The summed E-state index contributed by atoms with van der Waals surface area (Å²) in [6, 6.07) is 6.56. The zero-order chi connectivity index (χ0) is 86.3. The fraction of sp³-hybridized carbons (Fsp3) is 0.481. The van der Waals surface area contributed by atoms with Crippen molar-refractivity contribution in [2.24, 2.45) is 0 Å². The first-order valence-electron chi connectivity index (χ1n) is 39.0. The normalized spacial score (nSPS) is 16.5. The maximum absolute atomic E-state index is 13.3. The molecule has 12 heterocycles. The van der Waals surface area contributed by atoms with Gasteiger partial charge in [-0.25, -0.2) is 49.5 Å². The summed E-state index contributed by atoms with van der Waals surface area (Å²) in [5, 5.41) is 21.5. The highest BCUT2D eigenvalue weighted by Crippen LogP contribution is 2.43. The van der Waals surface area contributed by atoms with E-state index in [0.717, 1.165) is 146 Å². The predicted octanol–water partition coefficient (Wildman–Crippen LogP) is 15.7. The summed E-state index contributed by atoms with van der Waals surface area (Å²) in [4.78, 5) is 158. The van der Waals surface area contributed by atoms with Crippen molar-refractivity contribution in [2.75, 3.05) is 38.1 Å². The minimum absolute atomic E-state index is 0. The van der Waals surface area contributed by atoms with Crippen LogP contribution in [-0.2, 0) is 32.1 Å². The van der Waals surface area contributed by atoms with Crippen molar-refractivity contribution >= 4 is 189 Å². The molecular weight excluding hydrogens is 1770 g/mol. The maximum Gasteiger partial charge on any atom is 0.425 e. The van der Waals surface area contributed by atoms with E-state index in [1.165, 1.54) is 19.0 Å². The van der Waals surface area contributed by atoms with Crippen LogP contribution in [0.25, 0.3) is 0 Å². The maximum atomic E-state index is 13.3. The fourth-order valence-corrected chi connectivity index (χ4v) is 17.2. The summed E-state index contributed by atoms with van der Waals surface area (Å²) in [7, 11) is 0. The molecule has 16 rings (SSSR count). The molecule has 8 aromatic heterocycles. The summed E-state index contributed by atoms with van der Waals surface area (Å²) in [6.07, 6.45) is 21.6. The number of hydrogen-bond acceptors (Lipinski definition) is 26. The van der Waals surface area contributed by atoms with Gasteiger partial charge in [-0.3, -0.25) is 56.6 Å². The molecule has 13 N–H and O–H groups in total. The number of carbonyl (C=O) groups excluding carboxylic acids is 6. The summed E-state index contributed by atoms with van der Waals surface area (Å²) in [6.45, 7) is 19.0. The van der Waals surface area contributed by atoms with Gasteiger partial charge in [-0.1, -0.05) is 98.5 Å². The van der Waals surface area contributed by atoms with Crippen molar-refractivity contribution in [1.82, 2.24) is 79.4 Å². The minimum Gasteiger partial charge on any atom is -0.443 e. The molecule has 0 atom stereocenters. The second-order valence-corrected chi connectivity index (χ2v) is 34.5. The second kappa shape index (κ2) is 40.0. The third kappa shape index (κ3) is 20.4. The van der Waals surface area contributed by atoms with Gasteiger partial charge in [0.05, 0.1) is 11.4 Å². The molecule has 4 saturated carbocycles. The molecule has 8 aromatic rings. The molecule has 672 valence electrons. The number of ether oxygens (including phenoxy) is 2. The molecule has 6 amide bonds. The molecule has 124 heavy (non-hydrogen) atoms. The number of amides is 6. The smallest absolute Gasteiger partial charge is 0.425 e. The fourth-order valence-electron chi connectivity index (χ4n) is 16.5. The van der Waals surface area contributed by atoms with Gasteiger partial charge in [0.15, 0.2) is 28.4 Å². The van der Waals surface area contributed by atoms with Gasteiger partial charge in [-0.2, -0.15) is 4.90 Å². The number of nitrogen functional groups attached to an aromatic ring is 3. The Morgan fingerprint density at radius 2 is 0.669 bits per heavy atom. The van der Waals surface area contributed by atoms with E-state index in [-0.39, 0.29) is 153 Å². The Bertz CT molecular complexity index is 5270. The summed E-state index contributed by atoms with van der Waals surface area (Å²) < 4.78 is 16.9. The topological polar surface area (TPSA) is 478 Å². The number of anilines is 10. The Morgan fingerprint density at radius 1 is 0.395 bits per heavy atom. The number of aryl methyl sites for hydroxylation is 5. The van der Waals surface area contributed by atoms with E-state index in [2.05, 4.69) is 77.1 Å². The van der Waals surface area contributed by atoms with Gasteiger partial charge in [-0.15, -0.1) is 37.2 Å². The molecule has 0 bridgehead atoms. The highest BCUT2D eigenvalue weighted by molar-refractivity contribution is 6.43. The summed E-state index contributed by atoms with van der Waals surface area (Å²) in [5.41, 5.74) is 18.6. The van der Waals surface area contributed by atoms with Gasteiger partial charge >= 0.3 is 12.2 Å². The zero-order valence-corrected chi connectivity index (χ0v) is 75.0. The van der Waals surface area contributed by atoms with E-state index in [0.29, 0.717) is 72.4 Å². The number of imide groups is 1. The van der Waals surface area contributed by atoms with Crippen LogP contribution in [0, 0.1) is 34.6 Å². The van der Waals surface area contributed by atoms with Crippen molar-refractivity contribution in [2.45, 2.75) is 253 Å². The van der Waals surface area contributed by atoms with Crippen LogP contribution in [0.2, 0.25) is 25.2 Å². The van der Waals surface area contributed by atoms with Crippen LogP contribution < -0.4 is 81.6 Å². The van der Waals surface area contributed by atoms with E-state index in [1.54, 1.807) is 91.0 Å². The Balaban J connectivity index is 0.000000212. The van der Waals surface area contributed by atoms with E-state index in [9.17, 15) is 47.9 Å². The number of nitrogens with one attached hydrogen (secondary N) is 7. The SMILES string of the molecule is C.C.CC(C)(C)OC(=O)N(C(=O)OC(C)(C)C)c1ncnc(Cl)c1Cl.Cc1cc(N)c(=O)n2c1C(=O)NC21CCCCC1.Cc1cc(Nc2ncnc(C)c2Cl)c(=O)n2c1C(=O)NC21CCCCC1.Cc1cc(Nc2ncnc(N)c2Cl)c(=O)n2c1C(=O)NC21CCCCC1.Cc1cc(Nc2ncnc(N)c2Cl)c(=O)n2c1C(=O)NC21CCCCC1.Cl.Cl.Cl. The third-order valence-corrected chi connectivity index (χ3v) is 23.7. The van der Waals surface area contributed by atoms with Crippen molar-refractivity contribution < 1.29 is 38.2 Å². The molecule has 0 unspecified atom stereocenters. The molecular formula is C81H105Cl8N23O12. The van der Waals surface area contributed by atoms with Crippen LogP contribution >= 0.6 is 95.2 Å². The van der Waals surface area contributed by atoms with Crippen LogP contribution in [0.15, 0.2) is 68.8 Å². The molecule has 0 aromatic carbocycles. The van der Waals surface area contributed by atoms with Crippen LogP contribution in [0.3, 0.4) is 0 Å². The Labute approximate surface area is 759 Å². The van der Waals surface area contributed by atoms with Crippen LogP contribution in [0.1, 0.15) is 255 Å². The lowest BCUT2D eigenvalue weighted by atomic mass is 9.89. The van der Waals surface area contributed by atoms with Gasteiger partial charge in [0, 0.05) is 0 Å². The lowest BCUT2D eigenvalue weighted by Crippen LogP contribution is -2.48. The van der Waals surface area contributed by atoms with E-state index >= 15 is 0 Å². The van der Waals surface area contributed by atoms with Gasteiger partial charge in [0.25, 0.3) is 45.9 Å². The Morgan fingerprint density at radius 3 is 0.976 bits per heavy atom. The van der Waals surface area contributed by atoms with Crippen molar-refractivity contribution in [3.63, 3.8) is 0 Å². The number of hydrogen-bond donors (Lipinski definition) is 10. The summed E-state index contributed by atoms with van der Waals surface area (Å²) in [5.74, 6) is 0.217. The van der Waals surface area contributed by atoms with Crippen LogP contribution in [0.4, 0.5) is 67.2 Å². The highest BCUT2D eigenvalue weighted by Gasteiger charge is 2.50. The average molecular weight is 1880 g/mol. The number of aromatic nitrogens is 12.